The van der Waals surface area contributed by atoms with Crippen molar-refractivity contribution in [3.05, 3.63) is 60.2 Å². The van der Waals surface area contributed by atoms with Crippen LogP contribution in [0.1, 0.15) is 107 Å². The van der Waals surface area contributed by atoms with Gasteiger partial charge in [-0.25, -0.2) is 0 Å². The Morgan fingerprint density at radius 1 is 0.732 bits per heavy atom. The first-order chi connectivity index (χ1) is 20.1. The second-order valence-corrected chi connectivity index (χ2v) is 10.9. The van der Waals surface area contributed by atoms with Crippen molar-refractivity contribution in [3.8, 4) is 17.2 Å². The number of rotatable bonds is 21. The average molecular weight is 563 g/mol. The van der Waals surface area contributed by atoms with E-state index in [1.807, 2.05) is 30.3 Å². The summed E-state index contributed by atoms with van der Waals surface area (Å²) in [6.45, 7) is 3.48. The third-order valence-corrected chi connectivity index (χ3v) is 7.53. The zero-order chi connectivity index (χ0) is 29.1. The van der Waals surface area contributed by atoms with Gasteiger partial charge in [0.1, 0.15) is 30.5 Å². The van der Waals surface area contributed by atoms with Crippen LogP contribution in [0.2, 0.25) is 0 Å². The van der Waals surface area contributed by atoms with Crippen molar-refractivity contribution in [1.29, 1.82) is 0 Å². The van der Waals surface area contributed by atoms with E-state index in [1.54, 1.807) is 24.3 Å². The maximum atomic E-state index is 13.0. The second kappa shape index (κ2) is 18.8. The fourth-order valence-electron chi connectivity index (χ4n) is 5.11. The highest BCUT2D eigenvalue weighted by Crippen LogP contribution is 2.36. The van der Waals surface area contributed by atoms with Crippen LogP contribution in [0.4, 0.5) is 5.69 Å². The summed E-state index contributed by atoms with van der Waals surface area (Å²) in [6, 6.07) is 16.2. The molecule has 0 radical (unpaired) electrons. The van der Waals surface area contributed by atoms with E-state index in [4.69, 9.17) is 15.2 Å². The molecule has 0 heterocycles. The number of anilines is 1. The summed E-state index contributed by atoms with van der Waals surface area (Å²) < 4.78 is 11.7. The number of nitrogens with one attached hydrogen (secondary N) is 1. The molecule has 0 aromatic heterocycles. The molecule has 3 aromatic carbocycles. The average Bonchev–Trinajstić information content (AvgIpc) is 2.99. The molecule has 41 heavy (non-hydrogen) atoms. The minimum Gasteiger partial charge on any atom is -0.506 e. The number of carbonyl (C=O) groups is 1. The monoisotopic (exact) mass is 562 g/mol. The lowest BCUT2D eigenvalue weighted by molar-refractivity contribution is 0.0950. The predicted molar refractivity (Wildman–Crippen MR) is 170 cm³/mol. The Balaban J connectivity index is 1.35. The SMILES string of the molecule is CCCCCCCCCCCCCCCCNC(=O)c1cc(OCCOc2ccc(N)cc2)c2ccccc2c1O. The van der Waals surface area contributed by atoms with Crippen molar-refractivity contribution in [2.45, 2.75) is 96.8 Å². The van der Waals surface area contributed by atoms with E-state index in [0.29, 0.717) is 42.3 Å². The first kappa shape index (κ1) is 32.1. The summed E-state index contributed by atoms with van der Waals surface area (Å²) >= 11 is 0. The zero-order valence-corrected chi connectivity index (χ0v) is 25.0. The number of aromatic hydroxyl groups is 1. The predicted octanol–water partition coefficient (Wildman–Crippen LogP) is 8.80. The highest BCUT2D eigenvalue weighted by Gasteiger charge is 2.17. The second-order valence-electron chi connectivity index (χ2n) is 10.9. The van der Waals surface area contributed by atoms with E-state index >= 15 is 0 Å². The molecule has 6 nitrogen and oxygen atoms in total. The summed E-state index contributed by atoms with van der Waals surface area (Å²) in [5.41, 5.74) is 6.63. The summed E-state index contributed by atoms with van der Waals surface area (Å²) in [6.07, 6.45) is 18.2. The van der Waals surface area contributed by atoms with Gasteiger partial charge in [-0.15, -0.1) is 0 Å². The van der Waals surface area contributed by atoms with Crippen LogP contribution in [0.3, 0.4) is 0 Å². The van der Waals surface area contributed by atoms with E-state index in [1.165, 1.54) is 77.0 Å². The molecule has 0 saturated heterocycles. The summed E-state index contributed by atoms with van der Waals surface area (Å²) in [5.74, 6) is 0.943. The normalized spacial score (nSPS) is 11.0. The van der Waals surface area contributed by atoms with Crippen LogP contribution in [0.5, 0.6) is 17.2 Å². The summed E-state index contributed by atoms with van der Waals surface area (Å²) in [7, 11) is 0. The molecule has 0 aliphatic rings. The smallest absolute Gasteiger partial charge is 0.255 e. The number of amides is 1. The lowest BCUT2D eigenvalue weighted by atomic mass is 10.0. The summed E-state index contributed by atoms with van der Waals surface area (Å²) in [4.78, 5) is 13.0. The first-order valence-electron chi connectivity index (χ1n) is 15.7. The largest absolute Gasteiger partial charge is 0.506 e. The van der Waals surface area contributed by atoms with Gasteiger partial charge < -0.3 is 25.6 Å². The van der Waals surface area contributed by atoms with E-state index in [-0.39, 0.29) is 17.2 Å². The molecule has 0 unspecified atom stereocenters. The van der Waals surface area contributed by atoms with Gasteiger partial charge in [-0.1, -0.05) is 115 Å². The first-order valence-corrected chi connectivity index (χ1v) is 15.7. The van der Waals surface area contributed by atoms with Gasteiger partial charge in [-0.2, -0.15) is 0 Å². The lowest BCUT2D eigenvalue weighted by Crippen LogP contribution is -2.24. The molecule has 1 amide bonds. The van der Waals surface area contributed by atoms with Crippen LogP contribution in [-0.2, 0) is 0 Å². The van der Waals surface area contributed by atoms with E-state index < -0.39 is 0 Å². The maximum Gasteiger partial charge on any atom is 0.255 e. The Labute approximate surface area is 246 Å². The van der Waals surface area contributed by atoms with Gasteiger partial charge in [0.15, 0.2) is 0 Å². The molecule has 3 rings (SSSR count). The number of carbonyl (C=O) groups excluding carboxylic acids is 1. The van der Waals surface area contributed by atoms with Gasteiger partial charge in [0.2, 0.25) is 0 Å². The van der Waals surface area contributed by atoms with Crippen molar-refractivity contribution < 1.29 is 19.4 Å². The Morgan fingerprint density at radius 2 is 1.27 bits per heavy atom. The van der Waals surface area contributed by atoms with E-state index in [0.717, 1.165) is 18.2 Å². The van der Waals surface area contributed by atoms with Crippen molar-refractivity contribution in [2.75, 3.05) is 25.5 Å². The Bertz CT molecular complexity index is 1160. The van der Waals surface area contributed by atoms with Crippen LogP contribution >= 0.6 is 0 Å². The number of benzene rings is 3. The minimum atomic E-state index is -0.286. The number of nitrogen functional groups attached to an aromatic ring is 1. The van der Waals surface area contributed by atoms with Crippen molar-refractivity contribution in [1.82, 2.24) is 5.32 Å². The maximum absolute atomic E-state index is 13.0. The van der Waals surface area contributed by atoms with Gasteiger partial charge in [0, 0.05) is 23.0 Å². The van der Waals surface area contributed by atoms with Crippen LogP contribution in [-0.4, -0.2) is 30.8 Å². The fourth-order valence-corrected chi connectivity index (χ4v) is 5.11. The zero-order valence-electron chi connectivity index (χ0n) is 25.0. The standard InChI is InChI=1S/C35H50N2O4/c1-2-3-4-5-6-7-8-9-10-11-12-13-14-17-24-37-35(39)32-27-33(30-18-15-16-19-31(30)34(32)38)41-26-25-40-29-22-20-28(36)21-23-29/h15-16,18-23,27,38H,2-14,17,24-26,36H2,1H3,(H,37,39). The highest BCUT2D eigenvalue weighted by molar-refractivity contribution is 6.05. The Morgan fingerprint density at radius 3 is 1.88 bits per heavy atom. The van der Waals surface area contributed by atoms with Crippen molar-refractivity contribution in [3.63, 3.8) is 0 Å². The third kappa shape index (κ3) is 11.5. The molecular weight excluding hydrogens is 512 g/mol. The van der Waals surface area contributed by atoms with Crippen LogP contribution < -0.4 is 20.5 Å². The molecule has 224 valence electrons. The molecule has 0 bridgehead atoms. The molecule has 0 spiro atoms. The molecule has 4 N–H and O–H groups in total. The quantitative estimate of drug-likeness (QED) is 0.0891. The molecule has 0 saturated carbocycles. The van der Waals surface area contributed by atoms with Gasteiger partial charge in [0.25, 0.3) is 5.91 Å². The molecule has 0 aliphatic heterocycles. The number of unbranched alkanes of at least 4 members (excludes halogenated alkanes) is 13. The number of phenolic OH excluding ortho intramolecular Hbond substituents is 1. The topological polar surface area (TPSA) is 93.8 Å². The van der Waals surface area contributed by atoms with Crippen LogP contribution in [0.15, 0.2) is 54.6 Å². The van der Waals surface area contributed by atoms with Crippen molar-refractivity contribution >= 4 is 22.4 Å². The fraction of sp³-hybridized carbons (Fsp3) is 0.514. The number of hydrogen-bond acceptors (Lipinski definition) is 5. The van der Waals surface area contributed by atoms with Gasteiger partial charge in [-0.3, -0.25) is 4.79 Å². The number of nitrogens with two attached hydrogens (primary N) is 1. The number of phenols is 1. The summed E-state index contributed by atoms with van der Waals surface area (Å²) in [5, 5.41) is 15.2. The van der Waals surface area contributed by atoms with Crippen molar-refractivity contribution in [2.24, 2.45) is 0 Å². The molecule has 0 aliphatic carbocycles. The number of ether oxygens (including phenoxy) is 2. The molecule has 6 heteroatoms. The van der Waals surface area contributed by atoms with Gasteiger partial charge in [0.05, 0.1) is 5.56 Å². The molecule has 3 aromatic rings. The van der Waals surface area contributed by atoms with Gasteiger partial charge in [-0.05, 0) is 36.8 Å². The minimum absolute atomic E-state index is 0.0236. The highest BCUT2D eigenvalue weighted by atomic mass is 16.5. The van der Waals surface area contributed by atoms with E-state index in [9.17, 15) is 9.90 Å². The van der Waals surface area contributed by atoms with Gasteiger partial charge >= 0.3 is 0 Å². The lowest BCUT2D eigenvalue weighted by Gasteiger charge is -2.15. The van der Waals surface area contributed by atoms with Crippen LogP contribution in [0.25, 0.3) is 10.8 Å². The Kier molecular flexibility index (Phi) is 14.8. The molecule has 0 atom stereocenters. The number of fused-ring (bicyclic) bond motifs is 1. The van der Waals surface area contributed by atoms with Crippen LogP contribution in [0, 0.1) is 0 Å². The third-order valence-electron chi connectivity index (χ3n) is 7.53. The number of hydrogen-bond donors (Lipinski definition) is 3. The van der Waals surface area contributed by atoms with E-state index in [2.05, 4.69) is 12.2 Å². The molecular formula is C35H50N2O4. The molecule has 0 fully saturated rings. The Hall–Kier alpha value is -3.41.